The zero-order chi connectivity index (χ0) is 8.81. The van der Waals surface area contributed by atoms with Crippen LogP contribution in [0.15, 0.2) is 30.3 Å². The van der Waals surface area contributed by atoms with Crippen LogP contribution in [0.1, 0.15) is 0 Å². The normalized spacial score (nSPS) is 9.08. The maximum absolute atomic E-state index is 4.88. The van der Waals surface area contributed by atoms with E-state index in [9.17, 15) is 0 Å². The summed E-state index contributed by atoms with van der Waals surface area (Å²) in [5.41, 5.74) is 6.75. The number of nitrogens with one attached hydrogen (secondary N) is 2. The smallest absolute Gasteiger partial charge is 0.211 e. The highest BCUT2D eigenvalue weighted by Gasteiger charge is 1.94. The quantitative estimate of drug-likeness (QED) is 0.375. The van der Waals surface area contributed by atoms with Crippen molar-refractivity contribution in [1.82, 2.24) is 5.43 Å². The highest BCUT2D eigenvalue weighted by Crippen LogP contribution is 2.02. The van der Waals surface area contributed by atoms with E-state index in [1.165, 1.54) is 11.9 Å². The fraction of sp³-hybridized carbons (Fsp3) is 0. The Kier molecular flexibility index (Phi) is 3.86. The molecule has 1 aromatic rings. The third-order valence-corrected chi connectivity index (χ3v) is 2.03. The molecule has 0 aliphatic rings. The van der Waals surface area contributed by atoms with E-state index in [-0.39, 0.29) is 0 Å². The minimum atomic E-state index is 0.624. The van der Waals surface area contributed by atoms with Crippen molar-refractivity contribution in [2.45, 2.75) is 0 Å². The lowest BCUT2D eigenvalue weighted by Gasteiger charge is -2.05. The van der Waals surface area contributed by atoms with Gasteiger partial charge in [0.1, 0.15) is 11.9 Å². The first-order valence-corrected chi connectivity index (χ1v) is 4.75. The molecule has 1 rings (SSSR count). The van der Waals surface area contributed by atoms with Gasteiger partial charge in [0.05, 0.1) is 5.69 Å². The average Bonchev–Trinajstić information content (AvgIpc) is 2.16. The highest BCUT2D eigenvalue weighted by molar-refractivity contribution is 8.18. The Morgan fingerprint density at radius 2 is 2.00 bits per heavy atom. The maximum atomic E-state index is 4.88. The van der Waals surface area contributed by atoms with Crippen LogP contribution in [-0.4, -0.2) is 4.32 Å². The first-order valence-electron chi connectivity index (χ1n) is 3.36. The first kappa shape index (κ1) is 9.31. The van der Waals surface area contributed by atoms with Gasteiger partial charge in [0.2, 0.25) is 4.32 Å². The SMILES string of the molecule is [NH3+]SC(=S)NNc1ccccc1. The molecule has 0 atom stereocenters. The van der Waals surface area contributed by atoms with Crippen molar-refractivity contribution in [2.24, 2.45) is 0 Å². The van der Waals surface area contributed by atoms with Crippen LogP contribution < -0.4 is 16.0 Å². The minimum Gasteiger partial charge on any atom is -0.300 e. The van der Waals surface area contributed by atoms with Gasteiger partial charge in [0.25, 0.3) is 0 Å². The van der Waals surface area contributed by atoms with Gasteiger partial charge >= 0.3 is 0 Å². The Bertz CT molecular complexity index is 250. The van der Waals surface area contributed by atoms with E-state index in [0.717, 1.165) is 5.69 Å². The summed E-state index contributed by atoms with van der Waals surface area (Å²) >= 11 is 6.13. The largest absolute Gasteiger partial charge is 0.300 e. The van der Waals surface area contributed by atoms with E-state index < -0.39 is 0 Å². The maximum Gasteiger partial charge on any atom is 0.211 e. The van der Waals surface area contributed by atoms with Crippen LogP contribution in [0.25, 0.3) is 0 Å². The topological polar surface area (TPSA) is 51.7 Å². The van der Waals surface area contributed by atoms with E-state index in [2.05, 4.69) is 16.0 Å². The molecule has 3 nitrogen and oxygen atoms in total. The number of para-hydroxylation sites is 1. The Balaban J connectivity index is 2.38. The summed E-state index contributed by atoms with van der Waals surface area (Å²) in [6, 6.07) is 9.75. The van der Waals surface area contributed by atoms with Gasteiger partial charge in [-0.3, -0.25) is 16.0 Å². The molecular formula is C7H10N3S2+. The van der Waals surface area contributed by atoms with Crippen LogP contribution in [0.3, 0.4) is 0 Å². The predicted octanol–water partition coefficient (Wildman–Crippen LogP) is 0.778. The average molecular weight is 200 g/mol. The Morgan fingerprint density at radius 1 is 1.33 bits per heavy atom. The third kappa shape index (κ3) is 3.08. The lowest BCUT2D eigenvalue weighted by atomic mass is 10.3. The molecule has 0 saturated heterocycles. The highest BCUT2D eigenvalue weighted by atomic mass is 32.2. The summed E-state index contributed by atoms with van der Waals surface area (Å²) < 4.78 is 0.624. The molecule has 0 radical (unpaired) electrons. The molecule has 0 aromatic heterocycles. The van der Waals surface area contributed by atoms with Crippen LogP contribution in [0.5, 0.6) is 0 Å². The molecule has 5 heteroatoms. The first-order chi connectivity index (χ1) is 5.83. The van der Waals surface area contributed by atoms with Crippen LogP contribution in [0, 0.1) is 0 Å². The summed E-state index contributed by atoms with van der Waals surface area (Å²) in [6.07, 6.45) is 0. The van der Waals surface area contributed by atoms with E-state index in [0.29, 0.717) is 4.32 Å². The summed E-state index contributed by atoms with van der Waals surface area (Å²) in [7, 11) is 0. The zero-order valence-electron chi connectivity index (χ0n) is 6.41. The van der Waals surface area contributed by atoms with Gasteiger partial charge in [-0.25, -0.2) is 0 Å². The lowest BCUT2D eigenvalue weighted by molar-refractivity contribution is -0.133. The Labute approximate surface area is 80.8 Å². The summed E-state index contributed by atoms with van der Waals surface area (Å²) in [6.45, 7) is 0. The van der Waals surface area contributed by atoms with E-state index in [4.69, 9.17) is 12.2 Å². The molecule has 1 aromatic carbocycles. The van der Waals surface area contributed by atoms with Crippen molar-refractivity contribution in [2.75, 3.05) is 5.43 Å². The summed E-state index contributed by atoms with van der Waals surface area (Å²) in [5.74, 6) is 0. The van der Waals surface area contributed by atoms with Crippen molar-refractivity contribution in [3.8, 4) is 0 Å². The van der Waals surface area contributed by atoms with Gasteiger partial charge in [-0.2, -0.15) is 0 Å². The molecule has 64 valence electrons. The number of hydrogen-bond acceptors (Lipinski definition) is 3. The number of anilines is 1. The third-order valence-electron chi connectivity index (χ3n) is 1.21. The van der Waals surface area contributed by atoms with Crippen molar-refractivity contribution in [3.05, 3.63) is 30.3 Å². The molecule has 0 amide bonds. The number of hydrogen-bond donors (Lipinski definition) is 3. The van der Waals surface area contributed by atoms with Crippen LogP contribution in [-0.2, 0) is 0 Å². The second kappa shape index (κ2) is 4.97. The van der Waals surface area contributed by atoms with Gasteiger partial charge in [0.15, 0.2) is 0 Å². The van der Waals surface area contributed by atoms with Gasteiger partial charge in [-0.1, -0.05) is 18.2 Å². The molecule has 0 fully saturated rings. The van der Waals surface area contributed by atoms with Crippen molar-refractivity contribution >= 4 is 34.2 Å². The molecule has 0 heterocycles. The predicted molar refractivity (Wildman–Crippen MR) is 56.3 cm³/mol. The Hall–Kier alpha value is -0.780. The molecule has 0 bridgehead atoms. The molecule has 0 spiro atoms. The van der Waals surface area contributed by atoms with Gasteiger partial charge in [-0.15, -0.1) is 0 Å². The number of thiocarbonyl (C=S) groups is 1. The van der Waals surface area contributed by atoms with Gasteiger partial charge in [-0.05, 0) is 24.4 Å². The number of rotatable bonds is 2. The summed E-state index contributed by atoms with van der Waals surface area (Å²) in [5, 5.41) is 3.57. The van der Waals surface area contributed by atoms with Crippen molar-refractivity contribution in [1.29, 1.82) is 0 Å². The molecule has 0 saturated carbocycles. The molecule has 0 unspecified atom stereocenters. The number of quaternary nitrogens is 1. The van der Waals surface area contributed by atoms with Gasteiger partial charge in [0, 0.05) is 0 Å². The number of benzene rings is 1. The monoisotopic (exact) mass is 200 g/mol. The fourth-order valence-corrected chi connectivity index (χ4v) is 0.855. The van der Waals surface area contributed by atoms with Crippen LogP contribution in [0.2, 0.25) is 0 Å². The summed E-state index contributed by atoms with van der Waals surface area (Å²) in [4.78, 5) is 0. The fourth-order valence-electron chi connectivity index (χ4n) is 0.681. The van der Waals surface area contributed by atoms with E-state index in [1.807, 2.05) is 30.3 Å². The van der Waals surface area contributed by atoms with Crippen LogP contribution >= 0.6 is 24.2 Å². The second-order valence-electron chi connectivity index (χ2n) is 2.05. The molecular weight excluding hydrogens is 190 g/mol. The van der Waals surface area contributed by atoms with Crippen molar-refractivity contribution in [3.63, 3.8) is 0 Å². The molecule has 0 aliphatic carbocycles. The number of hydrazine groups is 1. The second-order valence-corrected chi connectivity index (χ2v) is 3.41. The van der Waals surface area contributed by atoms with E-state index >= 15 is 0 Å². The van der Waals surface area contributed by atoms with Crippen molar-refractivity contribution < 1.29 is 5.14 Å². The van der Waals surface area contributed by atoms with E-state index in [1.54, 1.807) is 0 Å². The molecule has 12 heavy (non-hydrogen) atoms. The standard InChI is InChI=1S/C7H9N3S2/c8-12-7(11)10-9-6-4-2-1-3-5-6/h1-5,9H,8H2,(H,10,11)/p+1. The Morgan fingerprint density at radius 3 is 2.58 bits per heavy atom. The molecule has 0 aliphatic heterocycles. The zero-order valence-corrected chi connectivity index (χ0v) is 8.04. The van der Waals surface area contributed by atoms with Crippen LogP contribution in [0.4, 0.5) is 5.69 Å². The molecule has 5 N–H and O–H groups in total. The lowest BCUT2D eigenvalue weighted by Crippen LogP contribution is -2.43. The minimum absolute atomic E-state index is 0.624. The van der Waals surface area contributed by atoms with Gasteiger partial charge < -0.3 is 0 Å².